The molecule has 0 radical (unpaired) electrons. The maximum absolute atomic E-state index is 14.1. The zero-order valence-corrected chi connectivity index (χ0v) is 45.8. The van der Waals surface area contributed by atoms with Gasteiger partial charge in [0.1, 0.15) is 17.2 Å². The van der Waals surface area contributed by atoms with Crippen LogP contribution in [0.2, 0.25) is 0 Å². The highest BCUT2D eigenvalue weighted by Crippen LogP contribution is 2.40. The van der Waals surface area contributed by atoms with E-state index in [9.17, 15) is 19.2 Å². The molecule has 3 aliphatic heterocycles. The van der Waals surface area contributed by atoms with Crippen LogP contribution in [0.25, 0.3) is 32.2 Å². The van der Waals surface area contributed by atoms with Crippen molar-refractivity contribution >= 4 is 67.1 Å². The third-order valence-corrected chi connectivity index (χ3v) is 17.2. The number of aryl methyl sites for hydroxylation is 1. The number of carbonyl (C=O) groups excluding carboxylic acids is 4. The smallest absolute Gasteiger partial charge is 0.358 e. The summed E-state index contributed by atoms with van der Waals surface area (Å²) in [6.45, 7) is 12.0. The second-order valence-electron chi connectivity index (χ2n) is 22.7. The van der Waals surface area contributed by atoms with Gasteiger partial charge in [0.05, 0.1) is 33.4 Å². The van der Waals surface area contributed by atoms with E-state index in [4.69, 9.17) is 19.6 Å². The molecule has 4 aliphatic rings. The summed E-state index contributed by atoms with van der Waals surface area (Å²) >= 11 is 1.45. The quantitative estimate of drug-likeness (QED) is 0.0606. The molecule has 2 N–H and O–H groups in total. The average Bonchev–Trinajstić information content (AvgIpc) is 4.06. The highest BCUT2D eigenvalue weighted by Gasteiger charge is 2.34. The van der Waals surface area contributed by atoms with Crippen LogP contribution in [-0.2, 0) is 34.3 Å². The van der Waals surface area contributed by atoms with Gasteiger partial charge in [-0.3, -0.25) is 29.7 Å². The van der Waals surface area contributed by atoms with Crippen molar-refractivity contribution in [1.82, 2.24) is 30.0 Å². The summed E-state index contributed by atoms with van der Waals surface area (Å²) in [5, 5.41) is 12.0. The normalized spacial score (nSPS) is 20.2. The van der Waals surface area contributed by atoms with E-state index in [-0.39, 0.29) is 29.5 Å². The number of esters is 1. The van der Waals surface area contributed by atoms with E-state index < -0.39 is 17.5 Å². The molecule has 3 aromatic heterocycles. The van der Waals surface area contributed by atoms with Gasteiger partial charge in [-0.15, -0.1) is 0 Å². The topological polar surface area (TPSA) is 161 Å². The second-order valence-corrected chi connectivity index (χ2v) is 23.7. The Labute approximate surface area is 454 Å². The van der Waals surface area contributed by atoms with Gasteiger partial charge >= 0.3 is 5.97 Å². The van der Waals surface area contributed by atoms with Gasteiger partial charge in [-0.25, -0.2) is 14.8 Å². The van der Waals surface area contributed by atoms with Gasteiger partial charge in [-0.1, -0.05) is 78.8 Å². The summed E-state index contributed by atoms with van der Waals surface area (Å²) in [4.78, 5) is 67.1. The summed E-state index contributed by atoms with van der Waals surface area (Å²) in [5.41, 5.74) is 8.73. The number of nitrogens with one attached hydrogen (secondary N) is 2. The number of para-hydroxylation sites is 2. The molecule has 1 saturated carbocycles. The van der Waals surface area contributed by atoms with Gasteiger partial charge in [0.15, 0.2) is 10.8 Å². The Hall–Kier alpha value is -6.97. The molecule has 7 aromatic rings. The molecule has 11 rings (SSSR count). The van der Waals surface area contributed by atoms with Crippen LogP contribution in [0.4, 0.5) is 10.9 Å². The maximum Gasteiger partial charge on any atom is 0.358 e. The highest BCUT2D eigenvalue weighted by atomic mass is 32.1. The first-order valence-corrected chi connectivity index (χ1v) is 28.6. The van der Waals surface area contributed by atoms with Crippen LogP contribution in [0.5, 0.6) is 5.75 Å². The highest BCUT2D eigenvalue weighted by molar-refractivity contribution is 7.22. The monoisotopic (exact) mass is 1050 g/mol. The number of fused-ring (bicyclic) bond motifs is 3. The number of piperidine rings is 2. The molecule has 2 saturated heterocycles. The summed E-state index contributed by atoms with van der Waals surface area (Å²) in [6.07, 6.45) is 11.9. The largest absolute Gasteiger partial charge is 0.490 e. The molecule has 14 nitrogen and oxygen atoms in total. The molecule has 1 aliphatic carbocycles. The number of anilines is 2. The third kappa shape index (κ3) is 11.4. The number of amides is 3. The van der Waals surface area contributed by atoms with E-state index in [2.05, 4.69) is 56.6 Å². The van der Waals surface area contributed by atoms with Crippen LogP contribution in [0, 0.1) is 12.8 Å². The number of carbonyl (C=O) groups is 4. The first-order valence-electron chi connectivity index (χ1n) is 27.8. The first-order chi connectivity index (χ1) is 37.2. The van der Waals surface area contributed by atoms with Crippen LogP contribution in [0.1, 0.15) is 152 Å². The van der Waals surface area contributed by atoms with Gasteiger partial charge in [-0.05, 0) is 175 Å². The van der Waals surface area contributed by atoms with Crippen molar-refractivity contribution < 1.29 is 28.7 Å². The van der Waals surface area contributed by atoms with E-state index in [1.807, 2.05) is 99.2 Å². The number of thiazole rings is 1. The molecule has 2 atom stereocenters. The van der Waals surface area contributed by atoms with Gasteiger partial charge in [0.25, 0.3) is 5.91 Å². The Kier molecular flexibility index (Phi) is 15.0. The van der Waals surface area contributed by atoms with Crippen LogP contribution >= 0.6 is 11.3 Å². The predicted molar refractivity (Wildman–Crippen MR) is 303 cm³/mol. The van der Waals surface area contributed by atoms with Crippen molar-refractivity contribution in [3.8, 4) is 16.9 Å². The number of likely N-dealkylation sites (tertiary alicyclic amines) is 1. The molecule has 0 unspecified atom stereocenters. The maximum atomic E-state index is 14.1. The second kappa shape index (κ2) is 22.2. The number of hydrogen-bond acceptors (Lipinski definition) is 12. The summed E-state index contributed by atoms with van der Waals surface area (Å²) in [6, 6.07) is 30.2. The van der Waals surface area contributed by atoms with E-state index in [1.165, 1.54) is 36.2 Å². The Morgan fingerprint density at radius 3 is 2.48 bits per heavy atom. The van der Waals surface area contributed by atoms with E-state index in [0.717, 1.165) is 119 Å². The zero-order chi connectivity index (χ0) is 53.4. The molecular formula is C62H70N8O6S. The van der Waals surface area contributed by atoms with Crippen molar-refractivity contribution in [2.75, 3.05) is 36.4 Å². The lowest BCUT2D eigenvalue weighted by Crippen LogP contribution is -2.39. The SMILES string of the molecule is Cc1c(OC2CCC(CCCCN3CCC[C@@H](c4cccc5c([C@@H]6CCC(=O)NC6=O)nn(C)c45)C3)CC2)cccc1-c1ccc(N2CCc3cccc(C(=O)Nc4nc5ccccc5s4)c3C2)nc1C(=O)OC(C)(C)C. The standard InChI is InChI=1S/C62H70N8O6S/c1-38-43(45-28-30-53(64-56(45)60(74)76-62(2,3)4)70-35-32-40-15-10-19-46(49(40)37-70)58(72)66-61-63-50-21-6-7-23-52(50)77-61)17-12-22-51(38)75-42-26-24-39(25-27-42)14-8-9-33-69-34-13-16-41(36-69)44-18-11-20-47-55(67-68(5)57(44)47)48-29-31-54(71)65-59(48)73/h6-7,10-12,15,17-23,28,30,39,41-42,48H,8-9,13-14,16,24-27,29,31-37H2,1-5H3,(H,63,66,72)(H,65,71,73)/t39?,41-,42?,48+/m1/s1. The third-order valence-electron chi connectivity index (χ3n) is 16.3. The molecule has 15 heteroatoms. The lowest BCUT2D eigenvalue weighted by molar-refractivity contribution is -0.134. The molecule has 0 spiro atoms. The number of rotatable bonds is 14. The number of ether oxygens (including phenoxy) is 2. The van der Waals surface area contributed by atoms with Crippen LogP contribution in [0.3, 0.4) is 0 Å². The van der Waals surface area contributed by atoms with Crippen LogP contribution < -0.4 is 20.3 Å². The zero-order valence-electron chi connectivity index (χ0n) is 45.0. The number of hydrogen-bond donors (Lipinski definition) is 2. The molecule has 3 amide bonds. The number of nitrogens with zero attached hydrogens (tertiary/aromatic N) is 6. The van der Waals surface area contributed by atoms with E-state index >= 15 is 0 Å². The average molecular weight is 1060 g/mol. The van der Waals surface area contributed by atoms with E-state index in [1.54, 1.807) is 0 Å². The Morgan fingerprint density at radius 2 is 1.66 bits per heavy atom. The fourth-order valence-electron chi connectivity index (χ4n) is 12.4. The van der Waals surface area contributed by atoms with Gasteiger partial charge in [-0.2, -0.15) is 5.10 Å². The number of benzene rings is 4. The number of unbranched alkanes of at least 4 members (excludes halogenated alkanes) is 1. The number of imide groups is 1. The fraction of sp³-hybridized carbons (Fsp3) is 0.435. The Morgan fingerprint density at radius 1 is 0.844 bits per heavy atom. The molecule has 77 heavy (non-hydrogen) atoms. The van der Waals surface area contributed by atoms with Gasteiger partial charge in [0.2, 0.25) is 11.8 Å². The Balaban J connectivity index is 0.702. The van der Waals surface area contributed by atoms with Crippen molar-refractivity contribution in [1.29, 1.82) is 0 Å². The van der Waals surface area contributed by atoms with Crippen molar-refractivity contribution in [3.05, 3.63) is 130 Å². The van der Waals surface area contributed by atoms with Crippen molar-refractivity contribution in [3.63, 3.8) is 0 Å². The first kappa shape index (κ1) is 52.1. The summed E-state index contributed by atoms with van der Waals surface area (Å²) < 4.78 is 15.8. The number of pyridine rings is 1. The summed E-state index contributed by atoms with van der Waals surface area (Å²) in [7, 11) is 1.98. The fourth-order valence-corrected chi connectivity index (χ4v) is 13.2. The number of aromatic nitrogens is 4. The lowest BCUT2D eigenvalue weighted by atomic mass is 9.84. The molecule has 400 valence electrons. The molecule has 0 bridgehead atoms. The minimum Gasteiger partial charge on any atom is -0.490 e. The van der Waals surface area contributed by atoms with Gasteiger partial charge < -0.3 is 19.3 Å². The van der Waals surface area contributed by atoms with Crippen LogP contribution in [0.15, 0.2) is 91.0 Å². The molecule has 4 aromatic carbocycles. The minimum atomic E-state index is -0.732. The predicted octanol–water partition coefficient (Wildman–Crippen LogP) is 11.8. The van der Waals surface area contributed by atoms with Crippen molar-refractivity contribution in [2.24, 2.45) is 13.0 Å². The molecule has 6 heterocycles. The van der Waals surface area contributed by atoms with E-state index in [0.29, 0.717) is 59.8 Å². The molecule has 3 fully saturated rings. The minimum absolute atomic E-state index is 0.121. The summed E-state index contributed by atoms with van der Waals surface area (Å²) in [5.74, 6) is 1.01. The lowest BCUT2D eigenvalue weighted by Gasteiger charge is -2.33. The Bertz CT molecular complexity index is 3340. The van der Waals surface area contributed by atoms with Crippen molar-refractivity contribution in [2.45, 2.75) is 135 Å². The molecular weight excluding hydrogens is 985 g/mol. The van der Waals surface area contributed by atoms with Gasteiger partial charge in [0, 0.05) is 49.6 Å². The van der Waals surface area contributed by atoms with Crippen LogP contribution in [-0.4, -0.2) is 86.2 Å².